The largest absolute Gasteiger partial charge is 0.497 e. The molecule has 1 N–H and O–H groups in total. The van der Waals surface area contributed by atoms with Crippen LogP contribution < -0.4 is 4.74 Å². The molecule has 5 heteroatoms. The van der Waals surface area contributed by atoms with E-state index in [1.54, 1.807) is 24.3 Å². The van der Waals surface area contributed by atoms with E-state index in [0.717, 1.165) is 0 Å². The van der Waals surface area contributed by atoms with Gasteiger partial charge < -0.3 is 9.84 Å². The molecule has 0 saturated heterocycles. The molecule has 1 atom stereocenters. The van der Waals surface area contributed by atoms with Crippen molar-refractivity contribution >= 4 is 23.2 Å². The molecule has 0 amide bonds. The second-order valence-corrected chi connectivity index (χ2v) is 4.72. The van der Waals surface area contributed by atoms with Gasteiger partial charge >= 0.3 is 0 Å². The highest BCUT2D eigenvalue weighted by molar-refractivity contribution is 6.32. The lowest BCUT2D eigenvalue weighted by molar-refractivity contribution is 0.220. The van der Waals surface area contributed by atoms with Gasteiger partial charge in [-0.25, -0.2) is 4.39 Å². The van der Waals surface area contributed by atoms with Gasteiger partial charge in [0.15, 0.2) is 0 Å². The number of hydrogen-bond donors (Lipinski definition) is 1. The summed E-state index contributed by atoms with van der Waals surface area (Å²) in [7, 11) is 1.52. The Kier molecular flexibility index (Phi) is 4.30. The van der Waals surface area contributed by atoms with Gasteiger partial charge in [-0.1, -0.05) is 41.4 Å². The number of ether oxygens (including phenoxy) is 1. The summed E-state index contributed by atoms with van der Waals surface area (Å²) in [5, 5.41) is 10.5. The van der Waals surface area contributed by atoms with Crippen LogP contribution >= 0.6 is 23.2 Å². The lowest BCUT2D eigenvalue weighted by Gasteiger charge is -2.15. The molecule has 0 bridgehead atoms. The number of aliphatic hydroxyl groups excluding tert-OH is 1. The first-order valence-electron chi connectivity index (χ1n) is 5.50. The third kappa shape index (κ3) is 2.84. The molecule has 100 valence electrons. The monoisotopic (exact) mass is 300 g/mol. The maximum Gasteiger partial charge on any atom is 0.142 e. The van der Waals surface area contributed by atoms with Crippen LogP contribution in [0.4, 0.5) is 4.39 Å². The molecule has 0 saturated carbocycles. The van der Waals surface area contributed by atoms with E-state index in [2.05, 4.69) is 0 Å². The first-order valence-corrected chi connectivity index (χ1v) is 6.25. The van der Waals surface area contributed by atoms with Crippen LogP contribution in [0.15, 0.2) is 36.4 Å². The van der Waals surface area contributed by atoms with Crippen molar-refractivity contribution in [2.24, 2.45) is 0 Å². The summed E-state index contributed by atoms with van der Waals surface area (Å²) in [5.41, 5.74) is 0.712. The molecule has 0 aliphatic rings. The maximum absolute atomic E-state index is 13.4. The third-order valence-corrected chi connectivity index (χ3v) is 3.50. The summed E-state index contributed by atoms with van der Waals surface area (Å²) in [6.07, 6.45) is -1.10. The summed E-state index contributed by atoms with van der Waals surface area (Å²) in [6.45, 7) is 0. The van der Waals surface area contributed by atoms with Gasteiger partial charge in [-0.15, -0.1) is 0 Å². The van der Waals surface area contributed by atoms with Gasteiger partial charge in [-0.2, -0.15) is 0 Å². The zero-order valence-electron chi connectivity index (χ0n) is 10.0. The van der Waals surface area contributed by atoms with Crippen LogP contribution in [-0.4, -0.2) is 12.2 Å². The van der Waals surface area contributed by atoms with Crippen molar-refractivity contribution in [1.29, 1.82) is 0 Å². The molecule has 19 heavy (non-hydrogen) atoms. The summed E-state index contributed by atoms with van der Waals surface area (Å²) < 4.78 is 18.4. The van der Waals surface area contributed by atoms with Gasteiger partial charge in [0.25, 0.3) is 0 Å². The molecule has 0 heterocycles. The Balaban J connectivity index is 2.44. The van der Waals surface area contributed by atoms with Crippen molar-refractivity contribution in [2.75, 3.05) is 7.11 Å². The van der Waals surface area contributed by atoms with E-state index in [4.69, 9.17) is 27.9 Å². The van der Waals surface area contributed by atoms with E-state index < -0.39 is 11.9 Å². The SMILES string of the molecule is COc1ccc(C(O)c2cccc(F)c2Cl)c(Cl)c1. The molecule has 2 aromatic carbocycles. The fourth-order valence-electron chi connectivity index (χ4n) is 1.76. The van der Waals surface area contributed by atoms with E-state index in [0.29, 0.717) is 16.3 Å². The highest BCUT2D eigenvalue weighted by Crippen LogP contribution is 2.34. The smallest absolute Gasteiger partial charge is 0.142 e. The summed E-state index contributed by atoms with van der Waals surface area (Å²) >= 11 is 11.9. The summed E-state index contributed by atoms with van der Waals surface area (Å²) in [4.78, 5) is 0. The second-order valence-electron chi connectivity index (χ2n) is 3.93. The number of aliphatic hydroxyl groups is 1. The van der Waals surface area contributed by atoms with Crippen molar-refractivity contribution in [2.45, 2.75) is 6.10 Å². The molecule has 0 radical (unpaired) electrons. The molecule has 0 aliphatic carbocycles. The van der Waals surface area contributed by atoms with Gasteiger partial charge in [-0.05, 0) is 18.2 Å². The van der Waals surface area contributed by atoms with E-state index >= 15 is 0 Å². The van der Waals surface area contributed by atoms with Gasteiger partial charge in [0.2, 0.25) is 0 Å². The quantitative estimate of drug-likeness (QED) is 0.919. The summed E-state index contributed by atoms with van der Waals surface area (Å²) in [6, 6.07) is 9.13. The Bertz CT molecular complexity index is 602. The average Bonchev–Trinajstić information content (AvgIpc) is 2.41. The number of halogens is 3. The molecule has 2 aromatic rings. The van der Waals surface area contributed by atoms with Crippen molar-refractivity contribution in [3.8, 4) is 5.75 Å². The minimum atomic E-state index is -1.10. The van der Waals surface area contributed by atoms with Crippen LogP contribution in [0.3, 0.4) is 0 Å². The van der Waals surface area contributed by atoms with Crippen molar-refractivity contribution in [3.63, 3.8) is 0 Å². The molecular formula is C14H11Cl2FO2. The van der Waals surface area contributed by atoms with Crippen molar-refractivity contribution < 1.29 is 14.2 Å². The molecule has 0 aliphatic heterocycles. The topological polar surface area (TPSA) is 29.5 Å². The second kappa shape index (κ2) is 5.78. The number of methoxy groups -OCH3 is 1. The van der Waals surface area contributed by atoms with Gasteiger partial charge in [0.1, 0.15) is 17.7 Å². The maximum atomic E-state index is 13.4. The Morgan fingerprint density at radius 2 is 1.89 bits per heavy atom. The fraction of sp³-hybridized carbons (Fsp3) is 0.143. The molecule has 0 spiro atoms. The van der Waals surface area contributed by atoms with Crippen molar-refractivity contribution in [3.05, 3.63) is 63.4 Å². The Morgan fingerprint density at radius 1 is 1.16 bits per heavy atom. The van der Waals surface area contributed by atoms with Gasteiger partial charge in [0, 0.05) is 11.1 Å². The lowest BCUT2D eigenvalue weighted by atomic mass is 10.0. The summed E-state index contributed by atoms with van der Waals surface area (Å²) in [5.74, 6) is -0.00543. The van der Waals surface area contributed by atoms with Crippen LogP contribution in [0.1, 0.15) is 17.2 Å². The van der Waals surface area contributed by atoms with E-state index in [-0.39, 0.29) is 10.6 Å². The van der Waals surface area contributed by atoms with Crippen LogP contribution in [-0.2, 0) is 0 Å². The van der Waals surface area contributed by atoms with Crippen LogP contribution in [0.5, 0.6) is 5.75 Å². The molecule has 1 unspecified atom stereocenters. The molecular weight excluding hydrogens is 290 g/mol. The van der Waals surface area contributed by atoms with Crippen LogP contribution in [0.2, 0.25) is 10.0 Å². The number of hydrogen-bond acceptors (Lipinski definition) is 2. The Hall–Kier alpha value is -1.29. The zero-order chi connectivity index (χ0) is 14.0. The predicted octanol–water partition coefficient (Wildman–Crippen LogP) is 4.22. The molecule has 2 rings (SSSR count). The number of rotatable bonds is 3. The van der Waals surface area contributed by atoms with Crippen LogP contribution in [0, 0.1) is 5.82 Å². The predicted molar refractivity (Wildman–Crippen MR) is 73.5 cm³/mol. The lowest BCUT2D eigenvalue weighted by Crippen LogP contribution is -2.02. The Labute approximate surface area is 120 Å². The van der Waals surface area contributed by atoms with E-state index in [1.165, 1.54) is 19.2 Å². The molecule has 2 nitrogen and oxygen atoms in total. The average molecular weight is 301 g/mol. The van der Waals surface area contributed by atoms with E-state index in [9.17, 15) is 9.50 Å². The number of benzene rings is 2. The molecule has 0 fully saturated rings. The van der Waals surface area contributed by atoms with E-state index in [1.807, 2.05) is 0 Å². The van der Waals surface area contributed by atoms with Crippen LogP contribution in [0.25, 0.3) is 0 Å². The van der Waals surface area contributed by atoms with Crippen molar-refractivity contribution in [1.82, 2.24) is 0 Å². The van der Waals surface area contributed by atoms with Gasteiger partial charge in [-0.3, -0.25) is 0 Å². The first kappa shape index (κ1) is 14.1. The standard InChI is InChI=1S/C14H11Cl2FO2/c1-19-8-5-6-9(11(15)7-8)14(18)10-3-2-4-12(17)13(10)16/h2-7,14,18H,1H3. The first-order chi connectivity index (χ1) is 9.04. The zero-order valence-corrected chi connectivity index (χ0v) is 11.5. The normalized spacial score (nSPS) is 12.3. The van der Waals surface area contributed by atoms with Gasteiger partial charge in [0.05, 0.1) is 17.2 Å². The molecule has 0 aromatic heterocycles. The third-order valence-electron chi connectivity index (χ3n) is 2.78. The Morgan fingerprint density at radius 3 is 2.53 bits per heavy atom. The highest BCUT2D eigenvalue weighted by atomic mass is 35.5. The fourth-order valence-corrected chi connectivity index (χ4v) is 2.26. The minimum Gasteiger partial charge on any atom is -0.497 e. The minimum absolute atomic E-state index is 0.109. The highest BCUT2D eigenvalue weighted by Gasteiger charge is 2.19.